The number of nitrogens with zero attached hydrogens (tertiary/aromatic N) is 1. The molecule has 6 heteroatoms. The van der Waals surface area contributed by atoms with Crippen LogP contribution in [0.25, 0.3) is 0 Å². The monoisotopic (exact) mass is 365 g/mol. The minimum absolute atomic E-state index is 0.0388. The third-order valence-electron chi connectivity index (χ3n) is 2.69. The van der Waals surface area contributed by atoms with Crippen molar-refractivity contribution in [2.24, 2.45) is 0 Å². The van der Waals surface area contributed by atoms with E-state index in [9.17, 15) is 13.2 Å². The first-order valence-corrected chi connectivity index (χ1v) is 7.94. The van der Waals surface area contributed by atoms with E-state index in [-0.39, 0.29) is 18.1 Å². The van der Waals surface area contributed by atoms with Crippen LogP contribution in [0.15, 0.2) is 24.3 Å². The number of Topliss-reactive ketones (excluding diaryl/α,β-unsaturated/α-hetero) is 1. The molecule has 1 fully saturated rings. The molecule has 1 aliphatic heterocycles. The van der Waals surface area contributed by atoms with E-state index in [4.69, 9.17) is 0 Å². The van der Waals surface area contributed by atoms with Gasteiger partial charge in [-0.1, -0.05) is 12.1 Å². The van der Waals surface area contributed by atoms with Crippen LogP contribution in [-0.2, 0) is 10.0 Å². The Morgan fingerprint density at radius 2 is 1.94 bits per heavy atom. The van der Waals surface area contributed by atoms with Gasteiger partial charge in [0.2, 0.25) is 10.0 Å². The molecule has 17 heavy (non-hydrogen) atoms. The molecule has 0 spiro atoms. The third kappa shape index (κ3) is 3.05. The first kappa shape index (κ1) is 13.0. The van der Waals surface area contributed by atoms with Crippen LogP contribution in [0.1, 0.15) is 16.8 Å². The van der Waals surface area contributed by atoms with Crippen LogP contribution in [0.4, 0.5) is 0 Å². The average molecular weight is 365 g/mol. The van der Waals surface area contributed by atoms with Gasteiger partial charge in [-0.15, -0.1) is 0 Å². The minimum atomic E-state index is -3.19. The Labute approximate surface area is 114 Å². The Morgan fingerprint density at radius 1 is 1.29 bits per heavy atom. The normalized spacial score (nSPS) is 19.4. The van der Waals surface area contributed by atoms with Gasteiger partial charge in [-0.25, -0.2) is 8.42 Å². The second-order valence-corrected chi connectivity index (χ2v) is 7.27. The van der Waals surface area contributed by atoms with Crippen LogP contribution < -0.4 is 0 Å². The molecule has 1 aliphatic rings. The van der Waals surface area contributed by atoms with Crippen LogP contribution in [0.2, 0.25) is 0 Å². The Morgan fingerprint density at radius 3 is 2.47 bits per heavy atom. The number of halogens is 1. The molecule has 0 saturated carbocycles. The number of hydrogen-bond donors (Lipinski definition) is 0. The van der Waals surface area contributed by atoms with Crippen molar-refractivity contribution < 1.29 is 13.2 Å². The summed E-state index contributed by atoms with van der Waals surface area (Å²) in [7, 11) is -3.19. The van der Waals surface area contributed by atoms with Gasteiger partial charge >= 0.3 is 0 Å². The largest absolute Gasteiger partial charge is 0.293 e. The Balaban J connectivity index is 2.10. The van der Waals surface area contributed by atoms with Crippen LogP contribution in [0.5, 0.6) is 0 Å². The molecule has 1 aromatic rings. The van der Waals surface area contributed by atoms with Gasteiger partial charge in [-0.2, -0.15) is 4.31 Å². The number of rotatable bonds is 3. The van der Waals surface area contributed by atoms with E-state index >= 15 is 0 Å². The number of sulfonamides is 1. The second-order valence-electron chi connectivity index (χ2n) is 3.93. The first-order chi connectivity index (χ1) is 7.99. The molecule has 0 bridgehead atoms. The molecule has 0 N–H and O–H groups in total. The van der Waals surface area contributed by atoms with E-state index in [1.165, 1.54) is 4.31 Å². The van der Waals surface area contributed by atoms with Crippen molar-refractivity contribution in [2.75, 3.05) is 18.8 Å². The zero-order chi connectivity index (χ0) is 12.5. The molecule has 0 atom stereocenters. The molecule has 0 amide bonds. The summed E-state index contributed by atoms with van der Waals surface area (Å²) in [5.74, 6) is 0.0133. The predicted octanol–water partition coefficient (Wildman–Crippen LogP) is 1.51. The van der Waals surface area contributed by atoms with Crippen LogP contribution >= 0.6 is 22.6 Å². The van der Waals surface area contributed by atoms with Crippen molar-refractivity contribution in [1.82, 2.24) is 4.31 Å². The van der Waals surface area contributed by atoms with E-state index in [0.717, 1.165) is 3.57 Å². The van der Waals surface area contributed by atoms with Crippen molar-refractivity contribution in [3.63, 3.8) is 0 Å². The summed E-state index contributed by atoms with van der Waals surface area (Å²) < 4.78 is 25.4. The zero-order valence-electron chi connectivity index (χ0n) is 9.10. The lowest BCUT2D eigenvalue weighted by atomic mass is 10.1. The molecule has 0 radical (unpaired) electrons. The third-order valence-corrected chi connectivity index (χ3v) is 5.31. The van der Waals surface area contributed by atoms with Gasteiger partial charge in [0.1, 0.15) is 0 Å². The van der Waals surface area contributed by atoms with E-state index in [1.807, 2.05) is 12.1 Å². The lowest BCUT2D eigenvalue weighted by molar-refractivity contribution is 0.0969. The van der Waals surface area contributed by atoms with Crippen molar-refractivity contribution in [1.29, 1.82) is 0 Å². The van der Waals surface area contributed by atoms with Crippen molar-refractivity contribution in [3.05, 3.63) is 33.4 Å². The van der Waals surface area contributed by atoms with Gasteiger partial charge in [0, 0.05) is 15.7 Å². The minimum Gasteiger partial charge on any atom is -0.293 e. The highest BCUT2D eigenvalue weighted by atomic mass is 127. The number of ketones is 1. The maximum absolute atomic E-state index is 11.9. The van der Waals surface area contributed by atoms with Crippen molar-refractivity contribution in [3.8, 4) is 0 Å². The summed E-state index contributed by atoms with van der Waals surface area (Å²) in [6, 6.07) is 7.14. The molecule has 1 saturated heterocycles. The molecular weight excluding hydrogens is 353 g/mol. The van der Waals surface area contributed by atoms with Crippen LogP contribution in [0.3, 0.4) is 0 Å². The summed E-state index contributed by atoms with van der Waals surface area (Å²) in [6.45, 7) is 0.418. The van der Waals surface area contributed by atoms with E-state index in [1.54, 1.807) is 12.1 Å². The van der Waals surface area contributed by atoms with Gasteiger partial charge in [0.25, 0.3) is 0 Å². The highest BCUT2D eigenvalue weighted by Crippen LogP contribution is 2.15. The van der Waals surface area contributed by atoms with Crippen molar-refractivity contribution >= 4 is 38.4 Å². The van der Waals surface area contributed by atoms with Gasteiger partial charge in [0.15, 0.2) is 5.78 Å². The smallest absolute Gasteiger partial charge is 0.214 e. The van der Waals surface area contributed by atoms with E-state index in [0.29, 0.717) is 18.5 Å². The predicted molar refractivity (Wildman–Crippen MR) is 73.5 cm³/mol. The lowest BCUT2D eigenvalue weighted by Crippen LogP contribution is -2.31. The molecule has 1 aromatic carbocycles. The van der Waals surface area contributed by atoms with E-state index < -0.39 is 10.0 Å². The molecule has 2 rings (SSSR count). The molecule has 92 valence electrons. The number of benzene rings is 1. The molecule has 1 heterocycles. The van der Waals surface area contributed by atoms with Gasteiger partial charge in [0.05, 0.1) is 12.3 Å². The quantitative estimate of drug-likeness (QED) is 0.603. The highest BCUT2D eigenvalue weighted by molar-refractivity contribution is 14.1. The zero-order valence-corrected chi connectivity index (χ0v) is 12.1. The first-order valence-electron chi connectivity index (χ1n) is 5.26. The highest BCUT2D eigenvalue weighted by Gasteiger charge is 2.29. The fraction of sp³-hybridized carbons (Fsp3) is 0.364. The fourth-order valence-electron chi connectivity index (χ4n) is 1.76. The van der Waals surface area contributed by atoms with Crippen LogP contribution in [-0.4, -0.2) is 37.3 Å². The van der Waals surface area contributed by atoms with Gasteiger partial charge < -0.3 is 0 Å². The molecule has 0 aliphatic carbocycles. The summed E-state index contributed by atoms with van der Waals surface area (Å²) >= 11 is 2.16. The SMILES string of the molecule is O=C(CN1CCCS1(=O)=O)c1ccc(I)cc1. The Bertz CT molecular complexity index is 524. The topological polar surface area (TPSA) is 54.5 Å². The Hall–Kier alpha value is -0.470. The molecular formula is C11H12INO3S. The lowest BCUT2D eigenvalue weighted by Gasteiger charge is -2.12. The summed E-state index contributed by atoms with van der Waals surface area (Å²) in [6.07, 6.45) is 0.613. The van der Waals surface area contributed by atoms with E-state index in [2.05, 4.69) is 22.6 Å². The summed E-state index contributed by atoms with van der Waals surface area (Å²) in [4.78, 5) is 11.9. The van der Waals surface area contributed by atoms with Gasteiger partial charge in [-0.3, -0.25) is 4.79 Å². The van der Waals surface area contributed by atoms with Crippen molar-refractivity contribution in [2.45, 2.75) is 6.42 Å². The fourth-order valence-corrected chi connectivity index (χ4v) is 3.59. The summed E-state index contributed by atoms with van der Waals surface area (Å²) in [5, 5.41) is 0. The average Bonchev–Trinajstić information content (AvgIpc) is 2.59. The van der Waals surface area contributed by atoms with Crippen LogP contribution in [0, 0.1) is 3.57 Å². The summed E-state index contributed by atoms with van der Waals surface area (Å²) in [5.41, 5.74) is 0.563. The number of carbonyl (C=O) groups excluding carboxylic acids is 1. The standard InChI is InChI=1S/C11H12INO3S/c12-10-4-2-9(3-5-10)11(14)8-13-6-1-7-17(13,15)16/h2-5H,1,6-8H2. The number of hydrogen-bond acceptors (Lipinski definition) is 3. The maximum atomic E-state index is 11.9. The maximum Gasteiger partial charge on any atom is 0.214 e. The van der Waals surface area contributed by atoms with Gasteiger partial charge in [-0.05, 0) is 41.1 Å². The molecule has 0 aromatic heterocycles. The second kappa shape index (κ2) is 5.03. The molecule has 4 nitrogen and oxygen atoms in total. The number of carbonyl (C=O) groups is 1. The molecule has 0 unspecified atom stereocenters. The Kier molecular flexibility index (Phi) is 3.84.